The molecular formula is C30H29F7N6O2S. The largest absolute Gasteiger partial charge is 0.467 e. The maximum atomic E-state index is 16.1. The molecule has 0 saturated carbocycles. The summed E-state index contributed by atoms with van der Waals surface area (Å²) in [4.78, 5) is 11.2. The molecule has 6 rings (SSSR count). The van der Waals surface area contributed by atoms with Crippen LogP contribution in [0.4, 0.5) is 41.6 Å². The predicted molar refractivity (Wildman–Crippen MR) is 160 cm³/mol. The van der Waals surface area contributed by atoms with Crippen LogP contribution in [0.2, 0.25) is 0 Å². The molecule has 2 aliphatic heterocycles. The minimum atomic E-state index is -5.12. The van der Waals surface area contributed by atoms with Gasteiger partial charge in [-0.05, 0) is 43.5 Å². The molecule has 4 heterocycles. The van der Waals surface area contributed by atoms with Crippen LogP contribution in [0.3, 0.4) is 0 Å². The Kier molecular flexibility index (Phi) is 9.48. The number of rotatable bonds is 6. The van der Waals surface area contributed by atoms with E-state index < -0.39 is 76.9 Å². The minimum absolute atomic E-state index is 0.142. The Morgan fingerprint density at radius 3 is 2.65 bits per heavy atom. The average Bonchev–Trinajstić information content (AvgIpc) is 3.69. The summed E-state index contributed by atoms with van der Waals surface area (Å²) in [6.07, 6.45) is -4.08. The number of anilines is 2. The first-order chi connectivity index (χ1) is 21.8. The van der Waals surface area contributed by atoms with Gasteiger partial charge in [0.2, 0.25) is 0 Å². The first kappa shape index (κ1) is 33.4. The van der Waals surface area contributed by atoms with Gasteiger partial charge in [0.25, 0.3) is 0 Å². The van der Waals surface area contributed by atoms with E-state index in [1.165, 1.54) is 19.9 Å². The van der Waals surface area contributed by atoms with Crippen LogP contribution in [-0.4, -0.2) is 78.8 Å². The molecular weight excluding hydrogens is 641 g/mol. The number of fused-ring (bicyclic) bond motifs is 3. The van der Waals surface area contributed by atoms with Crippen LogP contribution in [0.15, 0.2) is 18.2 Å². The quantitative estimate of drug-likeness (QED) is 0.233. The summed E-state index contributed by atoms with van der Waals surface area (Å²) in [6, 6.07) is 4.33. The number of aromatic nitrogens is 2. The Morgan fingerprint density at radius 2 is 2.02 bits per heavy atom. The van der Waals surface area contributed by atoms with Crippen molar-refractivity contribution >= 4 is 43.1 Å². The van der Waals surface area contributed by atoms with Gasteiger partial charge >= 0.3 is 12.2 Å². The predicted octanol–water partition coefficient (Wildman–Crippen LogP) is 6.23. The van der Waals surface area contributed by atoms with Crippen LogP contribution in [0.1, 0.15) is 30.4 Å². The molecule has 3 unspecified atom stereocenters. The van der Waals surface area contributed by atoms with Gasteiger partial charge in [0, 0.05) is 36.0 Å². The van der Waals surface area contributed by atoms with Crippen LogP contribution >= 0.6 is 11.3 Å². The van der Waals surface area contributed by atoms with Gasteiger partial charge in [0.05, 0.1) is 36.1 Å². The highest BCUT2D eigenvalue weighted by molar-refractivity contribution is 7.23. The van der Waals surface area contributed by atoms with Gasteiger partial charge < -0.3 is 20.5 Å². The molecule has 246 valence electrons. The second kappa shape index (κ2) is 13.0. The van der Waals surface area contributed by atoms with Gasteiger partial charge in [0.15, 0.2) is 5.82 Å². The van der Waals surface area contributed by atoms with E-state index in [9.17, 15) is 31.6 Å². The van der Waals surface area contributed by atoms with Gasteiger partial charge in [-0.25, -0.2) is 17.6 Å². The number of hydrogen-bond acceptors (Lipinski definition) is 9. The molecule has 2 fully saturated rings. The molecule has 46 heavy (non-hydrogen) atoms. The topological polar surface area (TPSA) is 112 Å². The summed E-state index contributed by atoms with van der Waals surface area (Å²) >= 11 is 0.650. The third-order valence-electron chi connectivity index (χ3n) is 8.07. The lowest BCUT2D eigenvalue weighted by molar-refractivity contribution is -0.137. The molecule has 16 heteroatoms. The van der Waals surface area contributed by atoms with E-state index >= 15 is 4.39 Å². The summed E-state index contributed by atoms with van der Waals surface area (Å²) in [5.41, 5.74) is 2.07. The SMILES string of the molecule is COc1nc(N(C)CC(F)CO)c2cc(C(F)(F)F)c(-c3ccc(F)c4sc(N)c(C#N)c34)c(F)c2n1.FC1CC2CCCN2C1. The molecule has 3 atom stereocenters. The van der Waals surface area contributed by atoms with Crippen molar-refractivity contribution in [2.75, 3.05) is 51.0 Å². The highest BCUT2D eigenvalue weighted by Crippen LogP contribution is 2.48. The smallest absolute Gasteiger partial charge is 0.417 e. The lowest BCUT2D eigenvalue weighted by Crippen LogP contribution is -2.29. The van der Waals surface area contributed by atoms with Crippen LogP contribution in [0, 0.1) is 23.0 Å². The molecule has 3 N–H and O–H groups in total. The number of nitrogen functional groups attached to an aromatic ring is 1. The summed E-state index contributed by atoms with van der Waals surface area (Å²) < 4.78 is 105. The average molecular weight is 671 g/mol. The maximum absolute atomic E-state index is 16.1. The third-order valence-corrected chi connectivity index (χ3v) is 9.10. The van der Waals surface area contributed by atoms with E-state index in [2.05, 4.69) is 14.9 Å². The summed E-state index contributed by atoms with van der Waals surface area (Å²) in [5, 5.41) is 17.7. The first-order valence-corrected chi connectivity index (χ1v) is 15.0. The van der Waals surface area contributed by atoms with Gasteiger partial charge in [-0.1, -0.05) is 6.07 Å². The Hall–Kier alpha value is -3.94. The number of aliphatic hydroxyl groups excluding tert-OH is 1. The number of thiophene rings is 1. The number of nitriles is 1. The van der Waals surface area contributed by atoms with Gasteiger partial charge in [-0.15, -0.1) is 11.3 Å². The van der Waals surface area contributed by atoms with Crippen molar-refractivity contribution in [1.82, 2.24) is 14.9 Å². The molecule has 0 amide bonds. The van der Waals surface area contributed by atoms with E-state index in [1.54, 1.807) is 6.07 Å². The van der Waals surface area contributed by atoms with Crippen molar-refractivity contribution in [2.45, 2.75) is 43.8 Å². The Balaban J connectivity index is 0.000000393. The molecule has 2 aliphatic rings. The fourth-order valence-corrected chi connectivity index (χ4v) is 6.99. The molecule has 0 spiro atoms. The third kappa shape index (κ3) is 6.23. The first-order valence-electron chi connectivity index (χ1n) is 14.2. The van der Waals surface area contributed by atoms with Crippen LogP contribution in [0.5, 0.6) is 6.01 Å². The molecule has 0 bridgehead atoms. The number of halogens is 7. The van der Waals surface area contributed by atoms with E-state index in [-0.39, 0.29) is 26.5 Å². The zero-order chi connectivity index (χ0) is 33.5. The Morgan fingerprint density at radius 1 is 1.28 bits per heavy atom. The van der Waals surface area contributed by atoms with E-state index in [4.69, 9.17) is 15.6 Å². The van der Waals surface area contributed by atoms with Crippen molar-refractivity contribution in [1.29, 1.82) is 5.26 Å². The van der Waals surface area contributed by atoms with Crippen molar-refractivity contribution < 1.29 is 40.6 Å². The zero-order valence-corrected chi connectivity index (χ0v) is 25.5. The van der Waals surface area contributed by atoms with E-state index in [0.717, 1.165) is 37.1 Å². The number of ether oxygens (including phenoxy) is 1. The molecule has 0 radical (unpaired) electrons. The second-order valence-corrected chi connectivity index (χ2v) is 12.1. The molecule has 2 aromatic carbocycles. The molecule has 4 aromatic rings. The van der Waals surface area contributed by atoms with Crippen molar-refractivity contribution in [3.05, 3.63) is 41.0 Å². The lowest BCUT2D eigenvalue weighted by Gasteiger charge is -2.23. The molecule has 0 aliphatic carbocycles. The lowest BCUT2D eigenvalue weighted by atomic mass is 9.92. The summed E-state index contributed by atoms with van der Waals surface area (Å²) in [7, 11) is 2.44. The number of aliphatic hydroxyl groups is 1. The summed E-state index contributed by atoms with van der Waals surface area (Å²) in [6.45, 7) is 0.521. The number of nitrogens with two attached hydrogens (primary N) is 1. The van der Waals surface area contributed by atoms with Crippen LogP contribution in [0.25, 0.3) is 32.1 Å². The normalized spacial score (nSPS) is 18.7. The fraction of sp³-hybridized carbons (Fsp3) is 0.433. The fourth-order valence-electron chi connectivity index (χ4n) is 6.04. The highest BCUT2D eigenvalue weighted by atomic mass is 32.1. The van der Waals surface area contributed by atoms with Crippen molar-refractivity contribution in [3.8, 4) is 23.2 Å². The van der Waals surface area contributed by atoms with Gasteiger partial charge in [0.1, 0.15) is 40.6 Å². The number of hydrogen-bond donors (Lipinski definition) is 2. The number of methoxy groups -OCH3 is 1. The second-order valence-electron chi connectivity index (χ2n) is 11.1. The highest BCUT2D eigenvalue weighted by Gasteiger charge is 2.39. The van der Waals surface area contributed by atoms with Crippen molar-refractivity contribution in [3.63, 3.8) is 0 Å². The van der Waals surface area contributed by atoms with E-state index in [1.807, 2.05) is 0 Å². The van der Waals surface area contributed by atoms with Gasteiger partial charge in [-0.2, -0.15) is 28.4 Å². The van der Waals surface area contributed by atoms with E-state index in [0.29, 0.717) is 30.0 Å². The summed E-state index contributed by atoms with van der Waals surface area (Å²) in [5.74, 6) is -2.57. The number of alkyl halides is 5. The zero-order valence-electron chi connectivity index (χ0n) is 24.6. The molecule has 2 saturated heterocycles. The Bertz CT molecular complexity index is 1800. The molecule has 2 aromatic heterocycles. The van der Waals surface area contributed by atoms with Gasteiger partial charge in [-0.3, -0.25) is 4.90 Å². The van der Waals surface area contributed by atoms with Crippen LogP contribution in [-0.2, 0) is 6.18 Å². The monoisotopic (exact) mass is 670 g/mol. The number of nitrogens with zero attached hydrogens (tertiary/aromatic N) is 5. The standard InChI is InChI=1S/C23H17F6N5O2S.C7H12FN/c1-34(7-9(24)8-35)21-11-5-13(23(27,28)29)16(17(26)18(11)32-22(33-21)36-2)10-3-4-14(25)19-15(10)12(6-30)20(31)37-19;8-6-4-7-2-1-3-9(7)5-6/h3-5,9,35H,7-8,31H2,1-2H3;6-7H,1-5H2. The molecule has 8 nitrogen and oxygen atoms in total. The Labute approximate surface area is 262 Å². The minimum Gasteiger partial charge on any atom is -0.467 e. The number of benzene rings is 2. The van der Waals surface area contributed by atoms with Crippen molar-refractivity contribution in [2.24, 2.45) is 0 Å². The maximum Gasteiger partial charge on any atom is 0.417 e. The van der Waals surface area contributed by atoms with Crippen LogP contribution < -0.4 is 15.4 Å².